The Labute approximate surface area is 129 Å². The van der Waals surface area contributed by atoms with Gasteiger partial charge in [0.25, 0.3) is 0 Å². The molecule has 5 nitrogen and oxygen atoms in total. The second-order valence-electron chi connectivity index (χ2n) is 5.44. The summed E-state index contributed by atoms with van der Waals surface area (Å²) in [6, 6.07) is 0.552. The number of nitrogens with zero attached hydrogens (tertiary/aromatic N) is 4. The first-order valence-electron chi connectivity index (χ1n) is 7.29. The fraction of sp³-hybridized carbons (Fsp3) is 0.714. The Balaban J connectivity index is 2.09. The maximum absolute atomic E-state index is 4.65. The summed E-state index contributed by atoms with van der Waals surface area (Å²) in [6.07, 6.45) is 5.27. The highest BCUT2D eigenvalue weighted by Gasteiger charge is 2.23. The lowest BCUT2D eigenvalue weighted by Crippen LogP contribution is -2.42. The largest absolute Gasteiger partial charge is 0.355 e. The second-order valence-corrected chi connectivity index (χ2v) is 6.29. The summed E-state index contributed by atoms with van der Waals surface area (Å²) in [5.41, 5.74) is 0. The average molecular weight is 342 g/mol. The third-order valence-corrected chi connectivity index (χ3v) is 4.39. The van der Waals surface area contributed by atoms with Gasteiger partial charge >= 0.3 is 0 Å². The van der Waals surface area contributed by atoms with E-state index in [2.05, 4.69) is 62.0 Å². The van der Waals surface area contributed by atoms with Gasteiger partial charge in [-0.25, -0.2) is 4.98 Å². The zero-order chi connectivity index (χ0) is 14.5. The lowest BCUT2D eigenvalue weighted by atomic mass is 10.0. The minimum Gasteiger partial charge on any atom is -0.355 e. The van der Waals surface area contributed by atoms with Gasteiger partial charge in [-0.1, -0.05) is 6.92 Å². The molecule has 1 fully saturated rings. The maximum atomic E-state index is 4.65. The summed E-state index contributed by atoms with van der Waals surface area (Å²) in [5.74, 6) is 1.69. The van der Waals surface area contributed by atoms with Gasteiger partial charge in [0.05, 0.1) is 4.47 Å². The third-order valence-electron chi connectivity index (χ3n) is 3.83. The second kappa shape index (κ2) is 7.22. The van der Waals surface area contributed by atoms with Gasteiger partial charge in [0, 0.05) is 25.8 Å². The SMILES string of the molecule is CCCNc1ncc(Br)c(N(C)C2CCN(C)CC2)n1. The van der Waals surface area contributed by atoms with Gasteiger partial charge in [-0.15, -0.1) is 0 Å². The molecule has 0 radical (unpaired) electrons. The van der Waals surface area contributed by atoms with Gasteiger partial charge in [-0.2, -0.15) is 4.98 Å². The van der Waals surface area contributed by atoms with E-state index in [1.54, 1.807) is 0 Å². The fourth-order valence-electron chi connectivity index (χ4n) is 2.48. The number of nitrogens with one attached hydrogen (secondary N) is 1. The van der Waals surface area contributed by atoms with Gasteiger partial charge in [0.1, 0.15) is 5.82 Å². The standard InChI is InChI=1S/C14H24BrN5/c1-4-7-16-14-17-10-12(15)13(18-14)20(3)11-5-8-19(2)9-6-11/h10-11H,4-9H2,1-3H3,(H,16,17,18). The van der Waals surface area contributed by atoms with Gasteiger partial charge in [-0.3, -0.25) is 0 Å². The van der Waals surface area contributed by atoms with Crippen LogP contribution in [0.2, 0.25) is 0 Å². The molecule has 2 heterocycles. The molecule has 2 rings (SSSR count). The molecule has 6 heteroatoms. The normalized spacial score (nSPS) is 17.2. The zero-order valence-corrected chi connectivity index (χ0v) is 14.2. The number of hydrogen-bond acceptors (Lipinski definition) is 5. The molecule has 20 heavy (non-hydrogen) atoms. The van der Waals surface area contributed by atoms with Crippen molar-refractivity contribution in [3.05, 3.63) is 10.7 Å². The third kappa shape index (κ3) is 3.82. The van der Waals surface area contributed by atoms with Crippen LogP contribution in [0.15, 0.2) is 10.7 Å². The Morgan fingerprint density at radius 3 is 2.80 bits per heavy atom. The van der Waals surface area contributed by atoms with Crippen molar-refractivity contribution < 1.29 is 0 Å². The Hall–Kier alpha value is -0.880. The van der Waals surface area contributed by atoms with E-state index in [9.17, 15) is 0 Å². The first-order chi connectivity index (χ1) is 9.61. The molecule has 0 amide bonds. The zero-order valence-electron chi connectivity index (χ0n) is 12.6. The van der Waals surface area contributed by atoms with Crippen LogP contribution in [-0.4, -0.2) is 54.6 Å². The summed E-state index contributed by atoms with van der Waals surface area (Å²) in [6.45, 7) is 5.34. The van der Waals surface area contributed by atoms with E-state index in [0.717, 1.165) is 36.3 Å². The Morgan fingerprint density at radius 1 is 1.45 bits per heavy atom. The van der Waals surface area contributed by atoms with E-state index in [4.69, 9.17) is 0 Å². The number of anilines is 2. The van der Waals surface area contributed by atoms with Crippen LogP contribution in [0.25, 0.3) is 0 Å². The minimum absolute atomic E-state index is 0.552. The average Bonchev–Trinajstić information content (AvgIpc) is 2.46. The molecule has 0 saturated carbocycles. The molecule has 1 aliphatic rings. The van der Waals surface area contributed by atoms with E-state index >= 15 is 0 Å². The molecule has 1 aromatic heterocycles. The highest BCUT2D eigenvalue weighted by Crippen LogP contribution is 2.27. The van der Waals surface area contributed by atoms with Crippen LogP contribution in [0.4, 0.5) is 11.8 Å². The molecule has 1 aromatic rings. The van der Waals surface area contributed by atoms with E-state index in [-0.39, 0.29) is 0 Å². The van der Waals surface area contributed by atoms with Crippen LogP contribution < -0.4 is 10.2 Å². The molecule has 0 atom stereocenters. The van der Waals surface area contributed by atoms with Gasteiger partial charge in [0.15, 0.2) is 0 Å². The molecule has 0 bridgehead atoms. The highest BCUT2D eigenvalue weighted by atomic mass is 79.9. The van der Waals surface area contributed by atoms with Crippen molar-refractivity contribution in [2.45, 2.75) is 32.2 Å². The lowest BCUT2D eigenvalue weighted by Gasteiger charge is -2.36. The molecule has 1 saturated heterocycles. The molecule has 0 aliphatic carbocycles. The van der Waals surface area contributed by atoms with Crippen molar-refractivity contribution in [2.75, 3.05) is 43.9 Å². The van der Waals surface area contributed by atoms with E-state index < -0.39 is 0 Å². The molecule has 1 N–H and O–H groups in total. The first kappa shape index (κ1) is 15.5. The quantitative estimate of drug-likeness (QED) is 0.891. The van der Waals surface area contributed by atoms with Gasteiger partial charge < -0.3 is 15.1 Å². The van der Waals surface area contributed by atoms with Gasteiger partial charge in [-0.05, 0) is 55.3 Å². The van der Waals surface area contributed by atoms with E-state index in [1.165, 1.54) is 12.8 Å². The molecule has 0 unspecified atom stereocenters. The maximum Gasteiger partial charge on any atom is 0.224 e. The van der Waals surface area contributed by atoms with Crippen LogP contribution in [0, 0.1) is 0 Å². The van der Waals surface area contributed by atoms with Crippen LogP contribution >= 0.6 is 15.9 Å². The molecule has 112 valence electrons. The smallest absolute Gasteiger partial charge is 0.224 e. The number of aromatic nitrogens is 2. The Bertz CT molecular complexity index is 432. The monoisotopic (exact) mass is 341 g/mol. The van der Waals surface area contributed by atoms with Crippen molar-refractivity contribution >= 4 is 27.7 Å². The predicted molar refractivity (Wildman–Crippen MR) is 87.4 cm³/mol. The van der Waals surface area contributed by atoms with Crippen molar-refractivity contribution in [1.29, 1.82) is 0 Å². The molecular formula is C14H24BrN5. The summed E-state index contributed by atoms with van der Waals surface area (Å²) in [5, 5.41) is 3.25. The Kier molecular flexibility index (Phi) is 5.60. The number of rotatable bonds is 5. The summed E-state index contributed by atoms with van der Waals surface area (Å²) in [4.78, 5) is 13.6. The van der Waals surface area contributed by atoms with Crippen LogP contribution in [0.1, 0.15) is 26.2 Å². The Morgan fingerprint density at radius 2 is 2.15 bits per heavy atom. The summed E-state index contributed by atoms with van der Waals surface area (Å²) in [7, 11) is 4.32. The summed E-state index contributed by atoms with van der Waals surface area (Å²) < 4.78 is 0.959. The van der Waals surface area contributed by atoms with Crippen LogP contribution in [0.3, 0.4) is 0 Å². The lowest BCUT2D eigenvalue weighted by molar-refractivity contribution is 0.252. The van der Waals surface area contributed by atoms with Crippen molar-refractivity contribution in [3.8, 4) is 0 Å². The van der Waals surface area contributed by atoms with Crippen LogP contribution in [-0.2, 0) is 0 Å². The minimum atomic E-state index is 0.552. The molecule has 1 aliphatic heterocycles. The highest BCUT2D eigenvalue weighted by molar-refractivity contribution is 9.10. The first-order valence-corrected chi connectivity index (χ1v) is 8.09. The van der Waals surface area contributed by atoms with Crippen molar-refractivity contribution in [1.82, 2.24) is 14.9 Å². The van der Waals surface area contributed by atoms with Gasteiger partial charge in [0.2, 0.25) is 5.95 Å². The summed E-state index contributed by atoms with van der Waals surface area (Å²) >= 11 is 3.57. The number of hydrogen-bond donors (Lipinski definition) is 1. The predicted octanol–water partition coefficient (Wildman–Crippen LogP) is 2.59. The number of halogens is 1. The molecular weight excluding hydrogens is 318 g/mol. The molecule has 0 aromatic carbocycles. The number of piperidine rings is 1. The topological polar surface area (TPSA) is 44.3 Å². The number of likely N-dealkylation sites (tertiary alicyclic amines) is 1. The van der Waals surface area contributed by atoms with Crippen molar-refractivity contribution in [2.24, 2.45) is 0 Å². The van der Waals surface area contributed by atoms with E-state index in [0.29, 0.717) is 12.0 Å². The van der Waals surface area contributed by atoms with E-state index in [1.807, 2.05) is 6.20 Å². The van der Waals surface area contributed by atoms with Crippen LogP contribution in [0.5, 0.6) is 0 Å². The molecule has 0 spiro atoms. The fourth-order valence-corrected chi connectivity index (χ4v) is 2.95. The van der Waals surface area contributed by atoms with Crippen molar-refractivity contribution in [3.63, 3.8) is 0 Å².